The molecule has 0 atom stereocenters. The Morgan fingerprint density at radius 2 is 1.83 bits per heavy atom. The van der Waals surface area contributed by atoms with Crippen LogP contribution < -0.4 is 5.14 Å². The number of azo groups is 1. The van der Waals surface area contributed by atoms with Gasteiger partial charge in [0.15, 0.2) is 0 Å². The predicted molar refractivity (Wildman–Crippen MR) is 81.8 cm³/mol. The number of nitrogens with zero attached hydrogens (tertiary/aromatic N) is 2. The lowest BCUT2D eigenvalue weighted by atomic mass is 10.2. The first kappa shape index (κ1) is 16.6. The van der Waals surface area contributed by atoms with E-state index in [0.717, 1.165) is 12.1 Å². The van der Waals surface area contributed by atoms with Crippen LogP contribution in [-0.2, 0) is 10.0 Å². The van der Waals surface area contributed by atoms with Gasteiger partial charge >= 0.3 is 5.97 Å². The molecule has 0 unspecified atom stereocenters. The average Bonchev–Trinajstić information content (AvgIpc) is 2.46. The molecule has 0 fully saturated rings. The van der Waals surface area contributed by atoms with Crippen molar-refractivity contribution in [2.45, 2.75) is 11.8 Å². The topological polar surface area (TPSA) is 142 Å². The normalized spacial score (nSPS) is 11.7. The Kier molecular flexibility index (Phi) is 4.43. The highest BCUT2D eigenvalue weighted by Gasteiger charge is 2.14. The molecule has 0 heterocycles. The second-order valence-corrected chi connectivity index (χ2v) is 6.25. The van der Waals surface area contributed by atoms with Crippen LogP contribution in [0.2, 0.25) is 0 Å². The Bertz CT molecular complexity index is 907. The maximum atomic E-state index is 11.6. The zero-order chi connectivity index (χ0) is 17.2. The van der Waals surface area contributed by atoms with E-state index in [1.807, 2.05) is 0 Å². The van der Waals surface area contributed by atoms with Gasteiger partial charge in [0.05, 0.1) is 5.69 Å². The predicted octanol–water partition coefficient (Wildman–Crippen LogP) is 2.46. The molecule has 0 amide bonds. The number of aromatic carboxylic acids is 1. The highest BCUT2D eigenvalue weighted by Crippen LogP contribution is 2.28. The van der Waals surface area contributed by atoms with Crippen LogP contribution in [0.15, 0.2) is 51.5 Å². The summed E-state index contributed by atoms with van der Waals surface area (Å²) in [6.07, 6.45) is 0. The van der Waals surface area contributed by atoms with Crippen molar-refractivity contribution in [1.82, 2.24) is 0 Å². The number of nitrogens with two attached hydrogens (primary N) is 1. The van der Waals surface area contributed by atoms with Gasteiger partial charge < -0.3 is 10.2 Å². The summed E-state index contributed by atoms with van der Waals surface area (Å²) in [5.41, 5.74) is 0.520. The molecule has 0 aliphatic heterocycles. The Hall–Kier alpha value is -2.78. The molecule has 2 rings (SSSR count). The van der Waals surface area contributed by atoms with Gasteiger partial charge in [-0.3, -0.25) is 0 Å². The van der Waals surface area contributed by atoms with Gasteiger partial charge in [-0.05, 0) is 42.8 Å². The van der Waals surface area contributed by atoms with Crippen LogP contribution in [0, 0.1) is 6.92 Å². The maximum Gasteiger partial charge on any atom is 0.339 e. The number of aromatic hydroxyl groups is 1. The van der Waals surface area contributed by atoms with E-state index in [1.54, 1.807) is 13.0 Å². The number of carboxylic acids is 1. The minimum atomic E-state index is -3.98. The first-order valence-electron chi connectivity index (χ1n) is 6.30. The second kappa shape index (κ2) is 6.15. The van der Waals surface area contributed by atoms with Crippen molar-refractivity contribution in [2.24, 2.45) is 15.4 Å². The van der Waals surface area contributed by atoms with Crippen LogP contribution in [0.25, 0.3) is 0 Å². The quantitative estimate of drug-likeness (QED) is 0.735. The Balaban J connectivity index is 2.46. The molecule has 4 N–H and O–H groups in total. The maximum absolute atomic E-state index is 11.6. The fourth-order valence-electron chi connectivity index (χ4n) is 1.80. The molecular weight excluding hydrogens is 322 g/mol. The molecule has 2 aromatic carbocycles. The van der Waals surface area contributed by atoms with Crippen molar-refractivity contribution < 1.29 is 23.4 Å². The van der Waals surface area contributed by atoms with Crippen LogP contribution >= 0.6 is 0 Å². The summed E-state index contributed by atoms with van der Waals surface area (Å²) in [5.74, 6) is -1.72. The summed E-state index contributed by atoms with van der Waals surface area (Å²) in [4.78, 5) is 10.8. The molecule has 0 saturated carbocycles. The van der Waals surface area contributed by atoms with Gasteiger partial charge in [-0.15, -0.1) is 5.11 Å². The molecule has 2 aromatic rings. The van der Waals surface area contributed by atoms with E-state index in [9.17, 15) is 18.3 Å². The monoisotopic (exact) mass is 335 g/mol. The number of rotatable bonds is 4. The minimum absolute atomic E-state index is 0.0306. The Labute approximate surface area is 132 Å². The van der Waals surface area contributed by atoms with Crippen molar-refractivity contribution in [3.8, 4) is 5.75 Å². The fraction of sp³-hybridized carbons (Fsp3) is 0.0714. The highest BCUT2D eigenvalue weighted by molar-refractivity contribution is 7.89. The molecule has 9 heteroatoms. The largest absolute Gasteiger partial charge is 0.507 e. The number of carboxylic acid groups (broad SMARTS) is 1. The number of primary sulfonamides is 1. The molecule has 0 aliphatic carbocycles. The minimum Gasteiger partial charge on any atom is -0.507 e. The molecule has 0 radical (unpaired) electrons. The second-order valence-electron chi connectivity index (χ2n) is 4.72. The molecule has 8 nitrogen and oxygen atoms in total. The Morgan fingerprint density at radius 3 is 2.43 bits per heavy atom. The van der Waals surface area contributed by atoms with Crippen molar-refractivity contribution in [3.05, 3.63) is 47.5 Å². The summed E-state index contributed by atoms with van der Waals surface area (Å²) >= 11 is 0. The number of aryl methyl sites for hydroxylation is 1. The third-order valence-electron chi connectivity index (χ3n) is 2.91. The lowest BCUT2D eigenvalue weighted by molar-refractivity contribution is 0.0693. The first-order chi connectivity index (χ1) is 10.7. The van der Waals surface area contributed by atoms with E-state index >= 15 is 0 Å². The smallest absolute Gasteiger partial charge is 0.339 e. The van der Waals surface area contributed by atoms with Gasteiger partial charge in [0, 0.05) is 0 Å². The highest BCUT2D eigenvalue weighted by atomic mass is 32.2. The van der Waals surface area contributed by atoms with Crippen LogP contribution in [0.4, 0.5) is 11.4 Å². The van der Waals surface area contributed by atoms with Gasteiger partial charge in [0.2, 0.25) is 10.0 Å². The molecule has 0 spiro atoms. The summed E-state index contributed by atoms with van der Waals surface area (Å²) < 4.78 is 23.1. The average molecular weight is 335 g/mol. The molecular formula is C14H13N3O5S. The van der Waals surface area contributed by atoms with Gasteiger partial charge in [-0.2, -0.15) is 5.11 Å². The van der Waals surface area contributed by atoms with Gasteiger partial charge in [0.1, 0.15) is 21.9 Å². The van der Waals surface area contributed by atoms with Crippen molar-refractivity contribution in [2.75, 3.05) is 0 Å². The molecule has 120 valence electrons. The van der Waals surface area contributed by atoms with E-state index in [0.29, 0.717) is 5.56 Å². The standard InChI is InChI=1S/C14H13N3O5S/c1-8-2-4-11(13(6-8)23(15,21)22)17-16-9-3-5-12(18)10(7-9)14(19)20/h2-7,18H,1H3,(H,19,20)(H2,15,21,22). The molecule has 0 bridgehead atoms. The summed E-state index contributed by atoms with van der Waals surface area (Å²) in [6.45, 7) is 1.70. The summed E-state index contributed by atoms with van der Waals surface area (Å²) in [6, 6.07) is 8.07. The summed E-state index contributed by atoms with van der Waals surface area (Å²) in [5, 5.41) is 31.1. The number of sulfonamides is 1. The molecule has 0 aliphatic rings. The first-order valence-corrected chi connectivity index (χ1v) is 7.84. The van der Waals surface area contributed by atoms with E-state index < -0.39 is 21.7 Å². The molecule has 0 aromatic heterocycles. The van der Waals surface area contributed by atoms with Crippen LogP contribution in [0.1, 0.15) is 15.9 Å². The van der Waals surface area contributed by atoms with Crippen molar-refractivity contribution >= 4 is 27.4 Å². The van der Waals surface area contributed by atoms with Crippen molar-refractivity contribution in [3.63, 3.8) is 0 Å². The number of hydrogen-bond acceptors (Lipinski definition) is 6. The van der Waals surface area contributed by atoms with Crippen LogP contribution in [-0.4, -0.2) is 24.6 Å². The lowest BCUT2D eigenvalue weighted by Gasteiger charge is -2.04. The van der Waals surface area contributed by atoms with E-state index in [-0.39, 0.29) is 21.8 Å². The zero-order valence-corrected chi connectivity index (χ0v) is 12.8. The van der Waals surface area contributed by atoms with Crippen LogP contribution in [0.3, 0.4) is 0 Å². The zero-order valence-electron chi connectivity index (χ0n) is 12.0. The van der Waals surface area contributed by atoms with Gasteiger partial charge in [0.25, 0.3) is 0 Å². The number of phenols is 1. The van der Waals surface area contributed by atoms with E-state index in [4.69, 9.17) is 10.2 Å². The molecule has 0 saturated heterocycles. The number of hydrogen-bond donors (Lipinski definition) is 3. The lowest BCUT2D eigenvalue weighted by Crippen LogP contribution is -2.12. The fourth-order valence-corrected chi connectivity index (χ4v) is 2.55. The third kappa shape index (κ3) is 3.90. The van der Waals surface area contributed by atoms with E-state index in [1.165, 1.54) is 18.2 Å². The van der Waals surface area contributed by atoms with Crippen LogP contribution in [0.5, 0.6) is 5.75 Å². The van der Waals surface area contributed by atoms with Gasteiger partial charge in [-0.1, -0.05) is 6.07 Å². The van der Waals surface area contributed by atoms with Crippen molar-refractivity contribution in [1.29, 1.82) is 0 Å². The van der Waals surface area contributed by atoms with Gasteiger partial charge in [-0.25, -0.2) is 18.4 Å². The Morgan fingerprint density at radius 1 is 1.13 bits per heavy atom. The number of carbonyl (C=O) groups is 1. The molecule has 23 heavy (non-hydrogen) atoms. The summed E-state index contributed by atoms with van der Waals surface area (Å²) in [7, 11) is -3.98. The SMILES string of the molecule is Cc1ccc(N=Nc2ccc(O)c(C(=O)O)c2)c(S(N)(=O)=O)c1. The number of benzene rings is 2. The third-order valence-corrected chi connectivity index (χ3v) is 3.85. The van der Waals surface area contributed by atoms with E-state index in [2.05, 4.69) is 10.2 Å².